The van der Waals surface area contributed by atoms with Crippen LogP contribution in [0.3, 0.4) is 0 Å². The van der Waals surface area contributed by atoms with Gasteiger partial charge in [-0.25, -0.2) is 9.67 Å². The standard InChI is InChI=1S/C16H23N5O/c1-11-8-13(12-4-3-6-18-10-12)14(9-17)16-19-15(5-7-22-2)20-21(11)16/h3-4,6,10-11,13-14H,5,7-9,17H2,1-2H3. The van der Waals surface area contributed by atoms with Crippen LogP contribution in [-0.2, 0) is 11.2 Å². The minimum atomic E-state index is 0.184. The molecule has 2 N–H and O–H groups in total. The van der Waals surface area contributed by atoms with Crippen LogP contribution in [0.15, 0.2) is 24.5 Å². The first kappa shape index (κ1) is 15.1. The van der Waals surface area contributed by atoms with E-state index in [1.165, 1.54) is 5.56 Å². The number of methoxy groups -OCH3 is 1. The number of fused-ring (bicyclic) bond motifs is 1. The second-order valence-electron chi connectivity index (χ2n) is 5.89. The van der Waals surface area contributed by atoms with Gasteiger partial charge in [0.2, 0.25) is 0 Å². The smallest absolute Gasteiger partial charge is 0.153 e. The fraction of sp³-hybridized carbons (Fsp3) is 0.562. The Balaban J connectivity index is 1.94. The van der Waals surface area contributed by atoms with Crippen molar-refractivity contribution in [3.8, 4) is 0 Å². The molecule has 6 nitrogen and oxygen atoms in total. The molecule has 0 saturated heterocycles. The topological polar surface area (TPSA) is 78.8 Å². The second kappa shape index (κ2) is 6.54. The average molecular weight is 301 g/mol. The predicted octanol–water partition coefficient (Wildman–Crippen LogP) is 1.65. The maximum absolute atomic E-state index is 6.07. The van der Waals surface area contributed by atoms with E-state index in [4.69, 9.17) is 15.5 Å². The van der Waals surface area contributed by atoms with E-state index in [1.54, 1.807) is 13.3 Å². The molecule has 2 aromatic heterocycles. The Kier molecular flexibility index (Phi) is 4.49. The van der Waals surface area contributed by atoms with Gasteiger partial charge in [0.15, 0.2) is 5.82 Å². The molecule has 22 heavy (non-hydrogen) atoms. The molecule has 0 bridgehead atoms. The minimum absolute atomic E-state index is 0.184. The first-order valence-electron chi connectivity index (χ1n) is 7.78. The molecule has 3 heterocycles. The van der Waals surface area contributed by atoms with Gasteiger partial charge in [-0.15, -0.1) is 0 Å². The molecule has 0 aliphatic carbocycles. The lowest BCUT2D eigenvalue weighted by Crippen LogP contribution is -2.31. The summed E-state index contributed by atoms with van der Waals surface area (Å²) < 4.78 is 7.18. The third kappa shape index (κ3) is 2.76. The SMILES string of the molecule is COCCc1nc2n(n1)C(C)CC(c1cccnc1)C2CN. The summed E-state index contributed by atoms with van der Waals surface area (Å²) in [6, 6.07) is 4.42. The highest BCUT2D eigenvalue weighted by Gasteiger charge is 2.36. The van der Waals surface area contributed by atoms with Crippen molar-refractivity contribution in [1.29, 1.82) is 0 Å². The van der Waals surface area contributed by atoms with Crippen molar-refractivity contribution in [3.05, 3.63) is 41.7 Å². The molecule has 2 aromatic rings. The van der Waals surface area contributed by atoms with Crippen LogP contribution in [0.4, 0.5) is 0 Å². The van der Waals surface area contributed by atoms with Gasteiger partial charge in [0.05, 0.1) is 12.6 Å². The van der Waals surface area contributed by atoms with Gasteiger partial charge < -0.3 is 10.5 Å². The molecular formula is C16H23N5O. The Morgan fingerprint density at radius 2 is 2.32 bits per heavy atom. The summed E-state index contributed by atoms with van der Waals surface area (Å²) in [5.74, 6) is 2.38. The molecule has 3 rings (SSSR count). The number of nitrogens with zero attached hydrogens (tertiary/aromatic N) is 4. The molecule has 0 saturated carbocycles. The molecule has 0 radical (unpaired) electrons. The van der Waals surface area contributed by atoms with Crippen LogP contribution in [0.25, 0.3) is 0 Å². The van der Waals surface area contributed by atoms with Crippen molar-refractivity contribution < 1.29 is 4.74 Å². The maximum atomic E-state index is 6.07. The van der Waals surface area contributed by atoms with E-state index in [1.807, 2.05) is 12.3 Å². The third-order valence-electron chi connectivity index (χ3n) is 4.43. The largest absolute Gasteiger partial charge is 0.384 e. The van der Waals surface area contributed by atoms with Crippen LogP contribution >= 0.6 is 0 Å². The summed E-state index contributed by atoms with van der Waals surface area (Å²) in [6.45, 7) is 3.39. The van der Waals surface area contributed by atoms with E-state index in [9.17, 15) is 0 Å². The van der Waals surface area contributed by atoms with Gasteiger partial charge in [0, 0.05) is 38.4 Å². The van der Waals surface area contributed by atoms with Crippen molar-refractivity contribution in [3.63, 3.8) is 0 Å². The molecule has 0 amide bonds. The molecule has 3 atom stereocenters. The predicted molar refractivity (Wildman–Crippen MR) is 83.7 cm³/mol. The number of pyridine rings is 1. The fourth-order valence-electron chi connectivity index (χ4n) is 3.30. The number of ether oxygens (including phenoxy) is 1. The van der Waals surface area contributed by atoms with Crippen LogP contribution < -0.4 is 5.73 Å². The van der Waals surface area contributed by atoms with Crippen molar-refractivity contribution in [2.75, 3.05) is 20.3 Å². The van der Waals surface area contributed by atoms with Crippen LogP contribution in [0.1, 0.15) is 48.4 Å². The molecule has 118 valence electrons. The van der Waals surface area contributed by atoms with E-state index < -0.39 is 0 Å². The minimum Gasteiger partial charge on any atom is -0.384 e. The number of hydrogen-bond acceptors (Lipinski definition) is 5. The van der Waals surface area contributed by atoms with E-state index in [-0.39, 0.29) is 5.92 Å². The van der Waals surface area contributed by atoms with E-state index in [2.05, 4.69) is 27.8 Å². The number of rotatable bonds is 5. The van der Waals surface area contributed by atoms with Gasteiger partial charge in [0.25, 0.3) is 0 Å². The number of nitrogens with two attached hydrogens (primary N) is 1. The van der Waals surface area contributed by atoms with Gasteiger partial charge in [-0.1, -0.05) is 6.07 Å². The summed E-state index contributed by atoms with van der Waals surface area (Å²) in [6.07, 6.45) is 5.49. The number of hydrogen-bond donors (Lipinski definition) is 1. The summed E-state index contributed by atoms with van der Waals surface area (Å²) in [7, 11) is 1.69. The van der Waals surface area contributed by atoms with Gasteiger partial charge in [-0.3, -0.25) is 4.98 Å². The third-order valence-corrected chi connectivity index (χ3v) is 4.43. The summed E-state index contributed by atoms with van der Waals surface area (Å²) in [5.41, 5.74) is 7.31. The molecule has 6 heteroatoms. The summed E-state index contributed by atoms with van der Waals surface area (Å²) in [4.78, 5) is 8.99. The fourth-order valence-corrected chi connectivity index (χ4v) is 3.30. The van der Waals surface area contributed by atoms with Crippen LogP contribution in [0.2, 0.25) is 0 Å². The van der Waals surface area contributed by atoms with Gasteiger partial charge >= 0.3 is 0 Å². The van der Waals surface area contributed by atoms with Crippen molar-refractivity contribution in [1.82, 2.24) is 19.7 Å². The van der Waals surface area contributed by atoms with E-state index in [0.29, 0.717) is 25.1 Å². The van der Waals surface area contributed by atoms with Crippen LogP contribution in [-0.4, -0.2) is 40.0 Å². The Morgan fingerprint density at radius 3 is 3.00 bits per heavy atom. The Bertz CT molecular complexity index is 612. The Labute approximate surface area is 130 Å². The maximum Gasteiger partial charge on any atom is 0.153 e. The van der Waals surface area contributed by atoms with E-state index in [0.717, 1.165) is 24.5 Å². The molecule has 1 aliphatic rings. The molecule has 1 aliphatic heterocycles. The Hall–Kier alpha value is -1.79. The van der Waals surface area contributed by atoms with Crippen LogP contribution in [0, 0.1) is 0 Å². The van der Waals surface area contributed by atoms with E-state index >= 15 is 0 Å². The molecule has 0 spiro atoms. The van der Waals surface area contributed by atoms with Gasteiger partial charge in [0.1, 0.15) is 5.82 Å². The average Bonchev–Trinajstić information content (AvgIpc) is 2.98. The lowest BCUT2D eigenvalue weighted by Gasteiger charge is -2.34. The van der Waals surface area contributed by atoms with Crippen LogP contribution in [0.5, 0.6) is 0 Å². The van der Waals surface area contributed by atoms with Crippen molar-refractivity contribution >= 4 is 0 Å². The monoisotopic (exact) mass is 301 g/mol. The first-order valence-corrected chi connectivity index (χ1v) is 7.78. The Morgan fingerprint density at radius 1 is 1.45 bits per heavy atom. The highest BCUT2D eigenvalue weighted by Crippen LogP contribution is 2.42. The first-order chi connectivity index (χ1) is 10.7. The number of aromatic nitrogens is 4. The second-order valence-corrected chi connectivity index (χ2v) is 5.89. The normalized spacial score (nSPS) is 24.2. The lowest BCUT2D eigenvalue weighted by molar-refractivity contribution is 0.200. The quantitative estimate of drug-likeness (QED) is 0.908. The van der Waals surface area contributed by atoms with Crippen molar-refractivity contribution in [2.45, 2.75) is 37.6 Å². The highest BCUT2D eigenvalue weighted by atomic mass is 16.5. The summed E-state index contributed by atoms with van der Waals surface area (Å²) in [5, 5.41) is 4.65. The molecule has 0 fully saturated rings. The lowest BCUT2D eigenvalue weighted by atomic mass is 9.79. The molecule has 3 unspecified atom stereocenters. The molecular weight excluding hydrogens is 278 g/mol. The summed E-state index contributed by atoms with van der Waals surface area (Å²) >= 11 is 0. The zero-order valence-electron chi connectivity index (χ0n) is 13.1. The van der Waals surface area contributed by atoms with Gasteiger partial charge in [-0.05, 0) is 30.9 Å². The van der Waals surface area contributed by atoms with Crippen molar-refractivity contribution in [2.24, 2.45) is 5.73 Å². The van der Waals surface area contributed by atoms with Gasteiger partial charge in [-0.2, -0.15) is 5.10 Å². The zero-order chi connectivity index (χ0) is 15.5. The zero-order valence-corrected chi connectivity index (χ0v) is 13.1. The molecule has 0 aromatic carbocycles. The highest BCUT2D eigenvalue weighted by molar-refractivity contribution is 5.23.